The van der Waals surface area contributed by atoms with Crippen molar-refractivity contribution in [3.05, 3.63) is 52.5 Å². The number of fused-ring (bicyclic) bond motifs is 1. The van der Waals surface area contributed by atoms with Gasteiger partial charge >= 0.3 is 6.09 Å². The van der Waals surface area contributed by atoms with Crippen LogP contribution in [0.15, 0.2) is 46.9 Å². The summed E-state index contributed by atoms with van der Waals surface area (Å²) in [6.45, 7) is 6.64. The predicted molar refractivity (Wildman–Crippen MR) is 150 cm³/mol. The van der Waals surface area contributed by atoms with Gasteiger partial charge in [0.2, 0.25) is 5.91 Å². The summed E-state index contributed by atoms with van der Waals surface area (Å²) in [5.41, 5.74) is 4.41. The molecule has 0 spiro atoms. The number of hydroxylamine groups is 1. The van der Waals surface area contributed by atoms with E-state index < -0.39 is 22.7 Å². The number of nitrogens with one attached hydrogen (secondary N) is 1. The molecule has 1 aliphatic rings. The Morgan fingerprint density at radius 1 is 1.11 bits per heavy atom. The van der Waals surface area contributed by atoms with Crippen LogP contribution in [0.2, 0.25) is 0 Å². The zero-order valence-corrected chi connectivity index (χ0v) is 24.1. The van der Waals surface area contributed by atoms with Gasteiger partial charge in [-0.05, 0) is 76.1 Å². The fraction of sp³-hybridized carbons (Fsp3) is 0.462. The second kappa shape index (κ2) is 12.7. The molecule has 1 heterocycles. The van der Waals surface area contributed by atoms with Crippen LogP contribution in [0.3, 0.4) is 0 Å². The van der Waals surface area contributed by atoms with E-state index in [0.717, 1.165) is 46.4 Å². The standard InChI is InChI=1S/C26H35BrN4O5S/c1-26(2,3)36-25(33)31-23-15-10-20(27)17-19(23)18-29(31)21-11-13-22(14-12-21)30(37(4)35)16-8-6-5-7-9-24(32)28-34/h10-15,17,34H,5-9,16,18H2,1-4H3,(H,28,32). The summed E-state index contributed by atoms with van der Waals surface area (Å²) in [5.74, 6) is -0.379. The maximum absolute atomic E-state index is 13.2. The normalized spacial score (nSPS) is 13.8. The minimum atomic E-state index is -1.21. The van der Waals surface area contributed by atoms with Gasteiger partial charge in [-0.1, -0.05) is 28.8 Å². The Hall–Kier alpha value is -2.63. The highest BCUT2D eigenvalue weighted by Crippen LogP contribution is 2.38. The van der Waals surface area contributed by atoms with E-state index in [9.17, 15) is 13.8 Å². The number of rotatable bonds is 10. The van der Waals surface area contributed by atoms with Crippen molar-refractivity contribution in [2.75, 3.05) is 27.1 Å². The van der Waals surface area contributed by atoms with E-state index in [4.69, 9.17) is 9.94 Å². The van der Waals surface area contributed by atoms with Gasteiger partial charge in [0.05, 0.1) is 17.9 Å². The van der Waals surface area contributed by atoms with E-state index in [1.54, 1.807) is 16.7 Å². The van der Waals surface area contributed by atoms with Crippen molar-refractivity contribution in [2.24, 2.45) is 0 Å². The molecule has 2 aromatic rings. The number of hydrazine groups is 1. The lowest BCUT2D eigenvalue weighted by Crippen LogP contribution is -2.45. The highest BCUT2D eigenvalue weighted by atomic mass is 79.9. The van der Waals surface area contributed by atoms with Gasteiger partial charge in [0.15, 0.2) is 0 Å². The highest BCUT2D eigenvalue weighted by Gasteiger charge is 2.35. The van der Waals surface area contributed by atoms with Crippen molar-refractivity contribution < 1.29 is 23.7 Å². The summed E-state index contributed by atoms with van der Waals surface area (Å²) in [6, 6.07) is 13.5. The number of nitrogens with zero attached hydrogens (tertiary/aromatic N) is 3. The summed E-state index contributed by atoms with van der Waals surface area (Å²) in [4.78, 5) is 24.3. The molecule has 9 nitrogen and oxygen atoms in total. The molecule has 0 radical (unpaired) electrons. The first-order chi connectivity index (χ1) is 17.5. The lowest BCUT2D eigenvalue weighted by Gasteiger charge is -2.32. The Morgan fingerprint density at radius 2 is 1.78 bits per heavy atom. The predicted octanol–water partition coefficient (Wildman–Crippen LogP) is 5.68. The minimum Gasteiger partial charge on any atom is -0.442 e. The van der Waals surface area contributed by atoms with Gasteiger partial charge in [-0.3, -0.25) is 19.3 Å². The summed E-state index contributed by atoms with van der Waals surface area (Å²) >= 11 is 3.51. The largest absolute Gasteiger partial charge is 0.442 e. The van der Waals surface area contributed by atoms with Crippen LogP contribution in [-0.2, 0) is 27.1 Å². The maximum Gasteiger partial charge on any atom is 0.434 e. The smallest absolute Gasteiger partial charge is 0.434 e. The maximum atomic E-state index is 13.2. The number of hydrogen-bond acceptors (Lipinski definition) is 6. The van der Waals surface area contributed by atoms with Crippen LogP contribution in [-0.4, -0.2) is 39.8 Å². The molecule has 11 heteroatoms. The summed E-state index contributed by atoms with van der Waals surface area (Å²) in [5, 5.41) is 12.0. The molecule has 202 valence electrons. The summed E-state index contributed by atoms with van der Waals surface area (Å²) < 4.78 is 20.9. The van der Waals surface area contributed by atoms with E-state index >= 15 is 0 Å². The van der Waals surface area contributed by atoms with Gasteiger partial charge in [0.25, 0.3) is 0 Å². The molecule has 1 atom stereocenters. The van der Waals surface area contributed by atoms with Crippen molar-refractivity contribution in [1.82, 2.24) is 5.48 Å². The van der Waals surface area contributed by atoms with E-state index in [2.05, 4.69) is 15.9 Å². The van der Waals surface area contributed by atoms with Crippen molar-refractivity contribution in [1.29, 1.82) is 0 Å². The lowest BCUT2D eigenvalue weighted by molar-refractivity contribution is -0.129. The van der Waals surface area contributed by atoms with Gasteiger partial charge in [0, 0.05) is 34.9 Å². The van der Waals surface area contributed by atoms with E-state index in [1.807, 2.05) is 72.5 Å². The molecule has 0 fully saturated rings. The van der Waals surface area contributed by atoms with Crippen LogP contribution in [0.5, 0.6) is 0 Å². The number of amides is 2. The average molecular weight is 596 g/mol. The van der Waals surface area contributed by atoms with E-state index in [-0.39, 0.29) is 5.91 Å². The third kappa shape index (κ3) is 7.93. The van der Waals surface area contributed by atoms with Gasteiger partial charge < -0.3 is 4.74 Å². The monoisotopic (exact) mass is 594 g/mol. The fourth-order valence-corrected chi connectivity index (χ4v) is 5.32. The van der Waals surface area contributed by atoms with Gasteiger partial charge in [0.1, 0.15) is 16.6 Å². The second-order valence-corrected chi connectivity index (χ2v) is 12.1. The first-order valence-electron chi connectivity index (χ1n) is 12.2. The Balaban J connectivity index is 1.72. The quantitative estimate of drug-likeness (QED) is 0.208. The topological polar surface area (TPSA) is 102 Å². The Bertz CT molecular complexity index is 1120. The highest BCUT2D eigenvalue weighted by molar-refractivity contribution is 9.10. The van der Waals surface area contributed by atoms with Crippen molar-refractivity contribution in [3.63, 3.8) is 0 Å². The molecule has 1 aliphatic heterocycles. The number of carbonyl (C=O) groups excluding carboxylic acids is 2. The SMILES string of the molecule is CS(=O)N(CCCCCCC(=O)NO)c1ccc(N2Cc3cc(Br)ccc3N2C(=O)OC(C)(C)C)cc1. The van der Waals surface area contributed by atoms with Crippen LogP contribution in [0, 0.1) is 0 Å². The van der Waals surface area contributed by atoms with Crippen molar-refractivity contribution >= 4 is 56.0 Å². The lowest BCUT2D eigenvalue weighted by atomic mass is 10.1. The van der Waals surface area contributed by atoms with Crippen LogP contribution in [0.25, 0.3) is 0 Å². The molecule has 0 bridgehead atoms. The number of ether oxygens (including phenoxy) is 1. The van der Waals surface area contributed by atoms with Crippen LogP contribution >= 0.6 is 15.9 Å². The number of benzene rings is 2. The molecule has 0 aliphatic carbocycles. The molecule has 0 saturated heterocycles. The molecular formula is C26H35BrN4O5S. The van der Waals surface area contributed by atoms with E-state index in [1.165, 1.54) is 0 Å². The van der Waals surface area contributed by atoms with Gasteiger partial charge in [-0.25, -0.2) is 14.5 Å². The molecule has 0 saturated carbocycles. The first kappa shape index (κ1) is 28.9. The third-order valence-corrected chi connectivity index (χ3v) is 7.29. The molecule has 37 heavy (non-hydrogen) atoms. The molecule has 1 unspecified atom stereocenters. The van der Waals surface area contributed by atoms with Crippen LogP contribution in [0.4, 0.5) is 21.9 Å². The summed E-state index contributed by atoms with van der Waals surface area (Å²) in [7, 11) is -1.21. The molecule has 0 aromatic heterocycles. The third-order valence-electron chi connectivity index (χ3n) is 5.78. The number of hydrogen-bond donors (Lipinski definition) is 2. The Kier molecular flexibility index (Phi) is 9.97. The number of carbonyl (C=O) groups is 2. The van der Waals surface area contributed by atoms with Gasteiger partial charge in [-0.15, -0.1) is 0 Å². The number of anilines is 3. The number of unbranched alkanes of at least 4 members (excludes halogenated alkanes) is 3. The fourth-order valence-electron chi connectivity index (χ4n) is 4.11. The van der Waals surface area contributed by atoms with Crippen molar-refractivity contribution in [3.8, 4) is 0 Å². The zero-order valence-electron chi connectivity index (χ0n) is 21.7. The Labute approximate surface area is 229 Å². The first-order valence-corrected chi connectivity index (χ1v) is 14.5. The van der Waals surface area contributed by atoms with E-state index in [0.29, 0.717) is 25.9 Å². The van der Waals surface area contributed by atoms with Crippen LogP contribution < -0.4 is 19.8 Å². The molecule has 2 amide bonds. The average Bonchev–Trinajstić information content (AvgIpc) is 3.21. The molecular weight excluding hydrogens is 560 g/mol. The minimum absolute atomic E-state index is 0.291. The van der Waals surface area contributed by atoms with Gasteiger partial charge in [-0.2, -0.15) is 5.01 Å². The van der Waals surface area contributed by atoms with Crippen molar-refractivity contribution in [2.45, 2.75) is 65.0 Å². The summed E-state index contributed by atoms with van der Waals surface area (Å²) in [6.07, 6.45) is 4.74. The second-order valence-electron chi connectivity index (χ2n) is 9.86. The molecule has 2 aromatic carbocycles. The Morgan fingerprint density at radius 3 is 2.41 bits per heavy atom. The number of halogens is 1. The molecule has 3 rings (SSSR count). The molecule has 2 N–H and O–H groups in total. The zero-order chi connectivity index (χ0) is 27.2. The van der Waals surface area contributed by atoms with Crippen LogP contribution in [0.1, 0.15) is 58.4 Å².